The Morgan fingerprint density at radius 1 is 1.23 bits per heavy atom. The third-order valence-corrected chi connectivity index (χ3v) is 6.48. The second kappa shape index (κ2) is 7.59. The average molecular weight is 456 g/mol. The van der Waals surface area contributed by atoms with Crippen LogP contribution in [0.4, 0.5) is 11.4 Å². The first kappa shape index (κ1) is 19.2. The molecule has 0 spiro atoms. The zero-order valence-corrected chi connectivity index (χ0v) is 17.4. The molecular weight excluding hydrogens is 439 g/mol. The topological polar surface area (TPSA) is 49.4 Å². The minimum atomic E-state index is -0.443. The van der Waals surface area contributed by atoms with Crippen molar-refractivity contribution in [2.75, 3.05) is 16.8 Å². The number of carbonyl (C=O) groups is 2. The number of halogens is 3. The van der Waals surface area contributed by atoms with Crippen LogP contribution in [0.2, 0.25) is 10.0 Å². The third-order valence-electron chi connectivity index (χ3n) is 4.42. The lowest BCUT2D eigenvalue weighted by molar-refractivity contribution is -0.122. The van der Waals surface area contributed by atoms with E-state index in [4.69, 9.17) is 23.2 Å². The molecule has 0 radical (unpaired) electrons. The number of rotatable bonds is 3. The van der Waals surface area contributed by atoms with Gasteiger partial charge in [0, 0.05) is 23.1 Å². The first-order chi connectivity index (χ1) is 12.3. The molecule has 1 fully saturated rings. The minimum Gasteiger partial charge on any atom is -0.326 e. The van der Waals surface area contributed by atoms with Gasteiger partial charge < -0.3 is 10.2 Å². The molecule has 2 aromatic rings. The van der Waals surface area contributed by atoms with Crippen LogP contribution < -0.4 is 10.2 Å². The fourth-order valence-corrected chi connectivity index (χ4v) is 3.71. The highest BCUT2D eigenvalue weighted by Gasteiger charge is 2.36. The molecule has 0 aliphatic carbocycles. The molecule has 0 unspecified atom stereocenters. The van der Waals surface area contributed by atoms with Gasteiger partial charge in [0.05, 0.1) is 21.7 Å². The molecule has 0 bridgehead atoms. The van der Waals surface area contributed by atoms with Gasteiger partial charge in [-0.15, -0.1) is 0 Å². The van der Waals surface area contributed by atoms with E-state index in [-0.39, 0.29) is 24.8 Å². The van der Waals surface area contributed by atoms with Crippen LogP contribution in [-0.4, -0.2) is 18.4 Å². The van der Waals surface area contributed by atoms with E-state index in [0.29, 0.717) is 15.7 Å². The second-order valence-corrected chi connectivity index (χ2v) is 7.97. The number of amides is 2. The quantitative estimate of drug-likeness (QED) is 0.676. The predicted molar refractivity (Wildman–Crippen MR) is 109 cm³/mol. The molecular formula is C19H17BrCl2N2O2. The highest BCUT2D eigenvalue weighted by molar-refractivity contribution is 9.10. The van der Waals surface area contributed by atoms with Crippen molar-refractivity contribution in [3.63, 3.8) is 0 Å². The van der Waals surface area contributed by atoms with E-state index in [1.165, 1.54) is 4.90 Å². The van der Waals surface area contributed by atoms with E-state index in [0.717, 1.165) is 21.3 Å². The molecule has 2 amide bonds. The van der Waals surface area contributed by atoms with Gasteiger partial charge in [-0.05, 0) is 49.2 Å². The molecule has 4 nitrogen and oxygen atoms in total. The summed E-state index contributed by atoms with van der Waals surface area (Å²) < 4.78 is 1.02. The zero-order valence-electron chi connectivity index (χ0n) is 14.3. The summed E-state index contributed by atoms with van der Waals surface area (Å²) in [5, 5.41) is 3.62. The molecule has 26 heavy (non-hydrogen) atoms. The van der Waals surface area contributed by atoms with Crippen molar-refractivity contribution in [3.05, 3.63) is 56.0 Å². The predicted octanol–water partition coefficient (Wildman–Crippen LogP) is 5.36. The Hall–Kier alpha value is -1.56. The fourth-order valence-electron chi connectivity index (χ4n) is 3.08. The standard InChI is InChI=1S/C19H17BrCl2N2O2/c1-10-6-13(7-11(2)17(10)20)23-19(26)12-8-16(25)24(9-12)15-5-3-4-14(21)18(15)22/h3-7,12H,8-9H2,1-2H3,(H,23,26)/t12-/m1/s1. The highest BCUT2D eigenvalue weighted by atomic mass is 79.9. The number of hydrogen-bond acceptors (Lipinski definition) is 2. The molecule has 2 aromatic carbocycles. The van der Waals surface area contributed by atoms with Crippen molar-refractivity contribution in [2.24, 2.45) is 5.92 Å². The molecule has 7 heteroatoms. The summed E-state index contributed by atoms with van der Waals surface area (Å²) in [5.74, 6) is -0.764. The molecule has 1 heterocycles. The van der Waals surface area contributed by atoms with E-state index in [1.54, 1.807) is 18.2 Å². The monoisotopic (exact) mass is 454 g/mol. The van der Waals surface area contributed by atoms with Crippen molar-refractivity contribution in [2.45, 2.75) is 20.3 Å². The Morgan fingerprint density at radius 3 is 2.54 bits per heavy atom. The fraction of sp³-hybridized carbons (Fsp3) is 0.263. The van der Waals surface area contributed by atoms with Gasteiger partial charge in [0.2, 0.25) is 11.8 Å². The Labute approximate surface area is 170 Å². The van der Waals surface area contributed by atoms with Crippen molar-refractivity contribution in [1.29, 1.82) is 0 Å². The molecule has 1 N–H and O–H groups in total. The first-order valence-electron chi connectivity index (χ1n) is 8.10. The molecule has 136 valence electrons. The molecule has 1 saturated heterocycles. The van der Waals surface area contributed by atoms with Crippen LogP contribution in [-0.2, 0) is 9.59 Å². The second-order valence-electron chi connectivity index (χ2n) is 6.39. The summed E-state index contributed by atoms with van der Waals surface area (Å²) in [4.78, 5) is 26.6. The summed E-state index contributed by atoms with van der Waals surface area (Å²) >= 11 is 15.8. The normalized spacial score (nSPS) is 16.9. The summed E-state index contributed by atoms with van der Waals surface area (Å²) in [6, 6.07) is 8.93. The molecule has 3 rings (SSSR count). The smallest absolute Gasteiger partial charge is 0.229 e. The van der Waals surface area contributed by atoms with Gasteiger partial charge in [-0.25, -0.2) is 0 Å². The van der Waals surface area contributed by atoms with E-state index in [1.807, 2.05) is 26.0 Å². The van der Waals surface area contributed by atoms with E-state index >= 15 is 0 Å². The Kier molecular flexibility index (Phi) is 5.61. The van der Waals surface area contributed by atoms with E-state index in [2.05, 4.69) is 21.2 Å². The molecule has 0 aromatic heterocycles. The highest BCUT2D eigenvalue weighted by Crippen LogP contribution is 2.36. The van der Waals surface area contributed by atoms with Gasteiger partial charge in [0.15, 0.2) is 0 Å². The van der Waals surface area contributed by atoms with Crippen molar-refractivity contribution in [3.8, 4) is 0 Å². The maximum atomic E-state index is 12.6. The van der Waals surface area contributed by atoms with Crippen LogP contribution in [0.3, 0.4) is 0 Å². The van der Waals surface area contributed by atoms with Gasteiger partial charge >= 0.3 is 0 Å². The lowest BCUT2D eigenvalue weighted by atomic mass is 10.1. The SMILES string of the molecule is Cc1cc(NC(=O)[C@@H]2CC(=O)N(c3cccc(Cl)c3Cl)C2)cc(C)c1Br. The summed E-state index contributed by atoms with van der Waals surface area (Å²) in [5.41, 5.74) is 3.33. The van der Waals surface area contributed by atoms with Crippen LogP contribution in [0.15, 0.2) is 34.8 Å². The maximum Gasteiger partial charge on any atom is 0.229 e. The van der Waals surface area contributed by atoms with Crippen LogP contribution in [0.1, 0.15) is 17.5 Å². The van der Waals surface area contributed by atoms with Gasteiger partial charge in [-0.2, -0.15) is 0 Å². The average Bonchev–Trinajstić information content (AvgIpc) is 2.97. The summed E-state index contributed by atoms with van der Waals surface area (Å²) in [6.45, 7) is 4.21. The zero-order chi connectivity index (χ0) is 19.0. The molecule has 1 aliphatic rings. The molecule has 0 saturated carbocycles. The van der Waals surface area contributed by atoms with E-state index < -0.39 is 5.92 Å². The van der Waals surface area contributed by atoms with Crippen molar-refractivity contribution >= 4 is 62.3 Å². The minimum absolute atomic E-state index is 0.141. The van der Waals surface area contributed by atoms with Gasteiger partial charge in [0.1, 0.15) is 0 Å². The Balaban J connectivity index is 1.76. The maximum absolute atomic E-state index is 12.6. The Morgan fingerprint density at radius 2 is 1.88 bits per heavy atom. The number of aryl methyl sites for hydroxylation is 2. The summed E-state index contributed by atoms with van der Waals surface area (Å²) in [7, 11) is 0. The van der Waals surface area contributed by atoms with Gasteiger partial charge in [-0.1, -0.05) is 45.2 Å². The number of carbonyl (C=O) groups excluding carboxylic acids is 2. The van der Waals surface area contributed by atoms with Crippen molar-refractivity contribution < 1.29 is 9.59 Å². The molecule has 1 aliphatic heterocycles. The third kappa shape index (κ3) is 3.75. The van der Waals surface area contributed by atoms with Crippen LogP contribution in [0.5, 0.6) is 0 Å². The van der Waals surface area contributed by atoms with Crippen LogP contribution in [0.25, 0.3) is 0 Å². The number of nitrogens with zero attached hydrogens (tertiary/aromatic N) is 1. The largest absolute Gasteiger partial charge is 0.326 e. The lowest BCUT2D eigenvalue weighted by Gasteiger charge is -2.18. The summed E-state index contributed by atoms with van der Waals surface area (Å²) in [6.07, 6.45) is 0.142. The Bertz CT molecular complexity index is 878. The van der Waals surface area contributed by atoms with E-state index in [9.17, 15) is 9.59 Å². The van der Waals surface area contributed by atoms with Gasteiger partial charge in [-0.3, -0.25) is 9.59 Å². The van der Waals surface area contributed by atoms with Crippen LogP contribution in [0, 0.1) is 19.8 Å². The van der Waals surface area contributed by atoms with Crippen LogP contribution >= 0.6 is 39.1 Å². The van der Waals surface area contributed by atoms with Gasteiger partial charge in [0.25, 0.3) is 0 Å². The van der Waals surface area contributed by atoms with Crippen molar-refractivity contribution in [1.82, 2.24) is 0 Å². The molecule has 1 atom stereocenters. The number of anilines is 2. The number of hydrogen-bond donors (Lipinski definition) is 1. The number of benzene rings is 2. The lowest BCUT2D eigenvalue weighted by Crippen LogP contribution is -2.28. The first-order valence-corrected chi connectivity index (χ1v) is 9.65. The number of nitrogens with one attached hydrogen (secondary N) is 1.